The predicted molar refractivity (Wildman–Crippen MR) is 109 cm³/mol. The Hall–Kier alpha value is -2.60. The van der Waals surface area contributed by atoms with E-state index in [4.69, 9.17) is 0 Å². The third-order valence-electron chi connectivity index (χ3n) is 4.44. The lowest BCUT2D eigenvalue weighted by Gasteiger charge is -2.30. The van der Waals surface area contributed by atoms with Crippen molar-refractivity contribution in [1.29, 1.82) is 0 Å². The van der Waals surface area contributed by atoms with Crippen LogP contribution in [-0.2, 0) is 9.59 Å². The zero-order valence-corrected chi connectivity index (χ0v) is 16.6. The number of nitrogens with zero attached hydrogens (tertiary/aromatic N) is 1. The fraction of sp³-hybridized carbons (Fsp3) is 0.182. The Morgan fingerprint density at radius 1 is 0.929 bits per heavy atom. The molecule has 1 saturated heterocycles. The van der Waals surface area contributed by atoms with Gasteiger partial charge in [0.25, 0.3) is 0 Å². The smallest absolute Gasteiger partial charge is 0.224 e. The summed E-state index contributed by atoms with van der Waals surface area (Å²) in [6.07, 6.45) is 3.19. The Bertz CT molecular complexity index is 901. The van der Waals surface area contributed by atoms with Gasteiger partial charge in [0.1, 0.15) is 11.6 Å². The molecule has 1 aliphatic rings. The van der Waals surface area contributed by atoms with Crippen molar-refractivity contribution in [3.8, 4) is 0 Å². The van der Waals surface area contributed by atoms with E-state index in [2.05, 4.69) is 15.9 Å². The zero-order chi connectivity index (χ0) is 20.1. The third-order valence-corrected chi connectivity index (χ3v) is 4.83. The maximum atomic E-state index is 14.0. The number of amides is 1. The number of hydrogen-bond donors (Lipinski definition) is 0. The number of carbonyl (C=O) groups excluding carboxylic acids is 2. The maximum Gasteiger partial charge on any atom is 0.224 e. The second-order valence-electron chi connectivity index (χ2n) is 6.40. The SMILES string of the molecule is O=C1C(=Cc2ccccc2F)CN(C(=O)CCBr)CC1=Cc1ccccc1F. The average Bonchev–Trinajstić information content (AvgIpc) is 2.68. The molecular weight excluding hydrogens is 428 g/mol. The molecule has 1 aliphatic heterocycles. The Kier molecular flexibility index (Phi) is 6.52. The molecule has 144 valence electrons. The van der Waals surface area contributed by atoms with Gasteiger partial charge in [0.05, 0.1) is 0 Å². The standard InChI is InChI=1S/C22H18BrF2NO2/c23-10-9-21(27)26-13-17(11-15-5-1-3-7-19(15)24)22(28)18(14-26)12-16-6-2-4-8-20(16)25/h1-8,11-12H,9-10,13-14H2. The highest BCUT2D eigenvalue weighted by Gasteiger charge is 2.29. The first-order chi connectivity index (χ1) is 13.5. The maximum absolute atomic E-state index is 14.0. The van der Waals surface area contributed by atoms with Crippen molar-refractivity contribution in [3.63, 3.8) is 0 Å². The molecule has 28 heavy (non-hydrogen) atoms. The molecule has 2 aromatic rings. The Morgan fingerprint density at radius 2 is 1.39 bits per heavy atom. The minimum absolute atomic E-state index is 0.0909. The summed E-state index contributed by atoms with van der Waals surface area (Å²) in [6.45, 7) is 0.182. The van der Waals surface area contributed by atoms with E-state index in [9.17, 15) is 18.4 Å². The fourth-order valence-electron chi connectivity index (χ4n) is 3.01. The minimum atomic E-state index is -0.452. The lowest BCUT2D eigenvalue weighted by molar-refractivity contribution is -0.130. The highest BCUT2D eigenvalue weighted by Crippen LogP contribution is 2.24. The van der Waals surface area contributed by atoms with E-state index in [-0.39, 0.29) is 42.3 Å². The van der Waals surface area contributed by atoms with E-state index >= 15 is 0 Å². The van der Waals surface area contributed by atoms with E-state index < -0.39 is 11.6 Å². The van der Waals surface area contributed by atoms with Gasteiger partial charge in [-0.05, 0) is 24.3 Å². The van der Waals surface area contributed by atoms with Crippen LogP contribution in [0.5, 0.6) is 0 Å². The minimum Gasteiger partial charge on any atom is -0.334 e. The van der Waals surface area contributed by atoms with Crippen molar-refractivity contribution in [2.75, 3.05) is 18.4 Å². The van der Waals surface area contributed by atoms with Gasteiger partial charge in [-0.25, -0.2) is 8.78 Å². The summed E-state index contributed by atoms with van der Waals surface area (Å²) in [6, 6.07) is 12.2. The van der Waals surface area contributed by atoms with Gasteiger partial charge in [0.15, 0.2) is 5.78 Å². The van der Waals surface area contributed by atoms with Crippen LogP contribution in [-0.4, -0.2) is 35.0 Å². The molecule has 0 saturated carbocycles. The van der Waals surface area contributed by atoms with Gasteiger partial charge in [-0.15, -0.1) is 0 Å². The summed E-state index contributed by atoms with van der Waals surface area (Å²) in [5, 5.41) is 0.495. The summed E-state index contributed by atoms with van der Waals surface area (Å²) in [4.78, 5) is 26.9. The molecule has 6 heteroatoms. The van der Waals surface area contributed by atoms with Gasteiger partial charge in [-0.1, -0.05) is 52.3 Å². The van der Waals surface area contributed by atoms with Crippen LogP contribution in [0.2, 0.25) is 0 Å². The van der Waals surface area contributed by atoms with Crippen molar-refractivity contribution in [2.45, 2.75) is 6.42 Å². The van der Waals surface area contributed by atoms with E-state index in [1.807, 2.05) is 0 Å². The topological polar surface area (TPSA) is 37.4 Å². The Morgan fingerprint density at radius 3 is 1.82 bits per heavy atom. The third kappa shape index (κ3) is 4.62. The van der Waals surface area contributed by atoms with Gasteiger partial charge in [0.2, 0.25) is 5.91 Å². The average molecular weight is 446 g/mol. The molecule has 0 atom stereocenters. The molecule has 3 rings (SSSR count). The summed E-state index contributed by atoms with van der Waals surface area (Å²) in [5.74, 6) is -1.35. The fourth-order valence-corrected chi connectivity index (χ4v) is 3.35. The first-order valence-electron chi connectivity index (χ1n) is 8.78. The number of halogens is 3. The Balaban J connectivity index is 2.02. The number of likely N-dealkylation sites (tertiary alicyclic amines) is 1. The number of piperidine rings is 1. The second kappa shape index (κ2) is 9.06. The summed E-state index contributed by atoms with van der Waals surface area (Å²) in [5.41, 5.74) is 1.13. The van der Waals surface area contributed by atoms with E-state index in [0.29, 0.717) is 16.5 Å². The normalized spacial score (nSPS) is 17.4. The van der Waals surface area contributed by atoms with Crippen LogP contribution < -0.4 is 0 Å². The molecule has 1 amide bonds. The van der Waals surface area contributed by atoms with E-state index in [1.54, 1.807) is 36.4 Å². The summed E-state index contributed by atoms with van der Waals surface area (Å²) >= 11 is 3.24. The van der Waals surface area contributed by atoms with Crippen molar-refractivity contribution in [3.05, 3.63) is 82.4 Å². The molecule has 1 heterocycles. The van der Waals surface area contributed by atoms with Gasteiger partial charge < -0.3 is 4.90 Å². The number of benzene rings is 2. The first-order valence-corrected chi connectivity index (χ1v) is 9.90. The van der Waals surface area contributed by atoms with Crippen molar-refractivity contribution in [2.24, 2.45) is 0 Å². The molecular formula is C22H18BrF2NO2. The number of ketones is 1. The molecule has 0 radical (unpaired) electrons. The van der Waals surface area contributed by atoms with Crippen LogP contribution in [0, 0.1) is 11.6 Å². The van der Waals surface area contributed by atoms with Crippen LogP contribution in [0.25, 0.3) is 12.2 Å². The summed E-state index contributed by atoms with van der Waals surface area (Å²) < 4.78 is 28.1. The van der Waals surface area contributed by atoms with Crippen LogP contribution in [0.1, 0.15) is 17.5 Å². The predicted octanol–water partition coefficient (Wildman–Crippen LogP) is 4.63. The Labute approximate surface area is 170 Å². The van der Waals surface area contributed by atoms with Crippen LogP contribution in [0.3, 0.4) is 0 Å². The van der Waals surface area contributed by atoms with Crippen LogP contribution >= 0.6 is 15.9 Å². The lowest BCUT2D eigenvalue weighted by Crippen LogP contribution is -2.41. The quantitative estimate of drug-likeness (QED) is 0.508. The first kappa shape index (κ1) is 20.1. The molecule has 0 aliphatic carbocycles. The summed E-state index contributed by atoms with van der Waals surface area (Å²) in [7, 11) is 0. The molecule has 2 aromatic carbocycles. The monoisotopic (exact) mass is 445 g/mol. The van der Waals surface area contributed by atoms with Crippen molar-refractivity contribution >= 4 is 39.8 Å². The number of hydrogen-bond acceptors (Lipinski definition) is 2. The number of Topliss-reactive ketones (excluding diaryl/α,β-unsaturated/α-hetero) is 1. The van der Waals surface area contributed by atoms with Gasteiger partial charge >= 0.3 is 0 Å². The largest absolute Gasteiger partial charge is 0.334 e. The van der Waals surface area contributed by atoms with Crippen molar-refractivity contribution < 1.29 is 18.4 Å². The van der Waals surface area contributed by atoms with Crippen molar-refractivity contribution in [1.82, 2.24) is 4.90 Å². The molecule has 0 spiro atoms. The molecule has 0 N–H and O–H groups in total. The van der Waals surface area contributed by atoms with Crippen LogP contribution in [0.15, 0.2) is 59.7 Å². The van der Waals surface area contributed by atoms with E-state index in [0.717, 1.165) is 0 Å². The highest BCUT2D eigenvalue weighted by molar-refractivity contribution is 9.09. The van der Waals surface area contributed by atoms with Gasteiger partial charge in [0, 0.05) is 47.1 Å². The molecule has 0 bridgehead atoms. The van der Waals surface area contributed by atoms with E-state index in [1.165, 1.54) is 29.2 Å². The van der Waals surface area contributed by atoms with Gasteiger partial charge in [-0.3, -0.25) is 9.59 Å². The number of alkyl halides is 1. The molecule has 3 nitrogen and oxygen atoms in total. The van der Waals surface area contributed by atoms with Gasteiger partial charge in [-0.2, -0.15) is 0 Å². The molecule has 1 fully saturated rings. The number of carbonyl (C=O) groups is 2. The highest BCUT2D eigenvalue weighted by atomic mass is 79.9. The zero-order valence-electron chi connectivity index (χ0n) is 15.0. The molecule has 0 unspecified atom stereocenters. The molecule has 0 aromatic heterocycles. The lowest BCUT2D eigenvalue weighted by atomic mass is 9.94. The second-order valence-corrected chi connectivity index (χ2v) is 7.19. The number of rotatable bonds is 4. The van der Waals surface area contributed by atoms with Crippen LogP contribution in [0.4, 0.5) is 8.78 Å².